The van der Waals surface area contributed by atoms with Gasteiger partial charge in [-0.05, 0) is 18.6 Å². The summed E-state index contributed by atoms with van der Waals surface area (Å²) < 4.78 is 4.27. The Labute approximate surface area is 136 Å². The molecule has 0 aromatic carbocycles. The summed E-state index contributed by atoms with van der Waals surface area (Å²) >= 11 is 13.3. The van der Waals surface area contributed by atoms with Crippen molar-refractivity contribution in [3.63, 3.8) is 0 Å². The lowest BCUT2D eigenvalue weighted by atomic mass is 10.5. The number of hydrogen-bond acceptors (Lipinski definition) is 6. The molecule has 0 aliphatic carbocycles. The third-order valence-corrected chi connectivity index (χ3v) is 4.86. The molecule has 0 unspecified atom stereocenters. The zero-order valence-electron chi connectivity index (χ0n) is 11.1. The Morgan fingerprint density at radius 3 is 2.62 bits per heavy atom. The first kappa shape index (κ1) is 16.3. The van der Waals surface area contributed by atoms with Crippen molar-refractivity contribution in [1.82, 2.24) is 15.0 Å². The predicted octanol–water partition coefficient (Wildman–Crippen LogP) is 3.63. The van der Waals surface area contributed by atoms with Gasteiger partial charge in [0.05, 0.1) is 17.4 Å². The van der Waals surface area contributed by atoms with E-state index in [0.717, 1.165) is 4.90 Å². The van der Waals surface area contributed by atoms with E-state index in [1.165, 1.54) is 18.0 Å². The highest BCUT2D eigenvalue weighted by atomic mass is 35.5. The van der Waals surface area contributed by atoms with E-state index in [1.54, 1.807) is 31.0 Å². The van der Waals surface area contributed by atoms with Gasteiger partial charge in [-0.25, -0.2) is 24.1 Å². The molecule has 9 heteroatoms. The fourth-order valence-corrected chi connectivity index (χ4v) is 3.03. The van der Waals surface area contributed by atoms with E-state index >= 15 is 0 Å². The Hall–Kier alpha value is -1.11. The van der Waals surface area contributed by atoms with Crippen molar-refractivity contribution in [1.29, 1.82) is 0 Å². The average Bonchev–Trinajstić information content (AvgIpc) is 2.45. The van der Waals surface area contributed by atoms with Crippen LogP contribution in [-0.4, -0.2) is 32.7 Å². The van der Waals surface area contributed by atoms with Crippen LogP contribution in [0, 0.1) is 0 Å². The number of rotatable bonds is 3. The molecular weight excluding hydrogens is 351 g/mol. The normalized spacial score (nSPS) is 11.0. The second-order valence-electron chi connectivity index (χ2n) is 4.17. The molecule has 0 fully saturated rings. The summed E-state index contributed by atoms with van der Waals surface area (Å²) in [5.41, 5.74) is 0. The highest BCUT2D eigenvalue weighted by Gasteiger charge is 2.10. The van der Waals surface area contributed by atoms with Gasteiger partial charge in [0, 0.05) is 11.1 Å². The number of hydrogen-bond donors (Lipinski definition) is 0. The van der Waals surface area contributed by atoms with Crippen molar-refractivity contribution in [2.75, 3.05) is 12.5 Å². The van der Waals surface area contributed by atoms with Crippen LogP contribution in [0.1, 0.15) is 0 Å². The summed E-state index contributed by atoms with van der Waals surface area (Å²) in [4.78, 5) is 23.8. The van der Waals surface area contributed by atoms with Crippen LogP contribution in [0.25, 0.3) is 0 Å². The minimum absolute atomic E-state index is 0.322. The minimum Gasteiger partial charge on any atom is -0.245 e. The van der Waals surface area contributed by atoms with E-state index in [9.17, 15) is 4.79 Å². The average molecular weight is 361 g/mol. The van der Waals surface area contributed by atoms with Gasteiger partial charge in [0.25, 0.3) is 0 Å². The SMILES string of the molecule is CS(C)(=C=O)=Nc1nccc(Sc2cnc(Cl)cn2)c1Cl. The van der Waals surface area contributed by atoms with Gasteiger partial charge < -0.3 is 0 Å². The second kappa shape index (κ2) is 6.77. The zero-order chi connectivity index (χ0) is 15.5. The molecule has 0 bridgehead atoms. The fourth-order valence-electron chi connectivity index (χ4n) is 1.26. The lowest BCUT2D eigenvalue weighted by Gasteiger charge is -2.06. The molecule has 0 atom stereocenters. The molecule has 0 amide bonds. The maximum Gasteiger partial charge on any atom is 0.178 e. The lowest BCUT2D eigenvalue weighted by Crippen LogP contribution is -1.93. The highest BCUT2D eigenvalue weighted by molar-refractivity contribution is 8.01. The van der Waals surface area contributed by atoms with Gasteiger partial charge in [-0.15, -0.1) is 0 Å². The third kappa shape index (κ3) is 4.43. The molecule has 2 aromatic heterocycles. The molecule has 2 aromatic rings. The Morgan fingerprint density at radius 2 is 2.00 bits per heavy atom. The van der Waals surface area contributed by atoms with Crippen LogP contribution < -0.4 is 0 Å². The molecule has 0 saturated carbocycles. The molecular formula is C12H10Cl2N4OS2. The van der Waals surface area contributed by atoms with Gasteiger partial charge in [0.15, 0.2) is 11.1 Å². The summed E-state index contributed by atoms with van der Waals surface area (Å²) in [6, 6.07) is 1.75. The molecule has 110 valence electrons. The van der Waals surface area contributed by atoms with Crippen molar-refractivity contribution in [3.8, 4) is 0 Å². The van der Waals surface area contributed by atoms with Crippen molar-refractivity contribution < 1.29 is 4.79 Å². The van der Waals surface area contributed by atoms with Crippen LogP contribution in [0.4, 0.5) is 5.82 Å². The summed E-state index contributed by atoms with van der Waals surface area (Å²) in [7, 11) is -1.87. The highest BCUT2D eigenvalue weighted by Crippen LogP contribution is 2.36. The van der Waals surface area contributed by atoms with Crippen LogP contribution in [0.2, 0.25) is 10.2 Å². The molecule has 5 nitrogen and oxygen atoms in total. The third-order valence-electron chi connectivity index (χ3n) is 2.17. The van der Waals surface area contributed by atoms with Crippen LogP contribution in [0.3, 0.4) is 0 Å². The number of pyridine rings is 1. The van der Waals surface area contributed by atoms with Crippen LogP contribution in [-0.2, 0) is 14.2 Å². The Kier molecular flexibility index (Phi) is 5.24. The minimum atomic E-state index is -1.87. The van der Waals surface area contributed by atoms with Crippen molar-refractivity contribution >= 4 is 55.4 Å². The largest absolute Gasteiger partial charge is 0.245 e. The molecule has 0 aliphatic rings. The van der Waals surface area contributed by atoms with E-state index in [2.05, 4.69) is 19.3 Å². The predicted molar refractivity (Wildman–Crippen MR) is 87.4 cm³/mol. The monoisotopic (exact) mass is 360 g/mol. The number of carbonyl (C=O) groups excluding carboxylic acids is 1. The molecule has 2 heterocycles. The molecule has 2 rings (SSSR count). The molecule has 0 saturated heterocycles. The van der Waals surface area contributed by atoms with Gasteiger partial charge in [-0.2, -0.15) is 0 Å². The number of aromatic nitrogens is 3. The van der Waals surface area contributed by atoms with Crippen molar-refractivity contribution in [2.45, 2.75) is 9.92 Å². The molecule has 0 radical (unpaired) electrons. The van der Waals surface area contributed by atoms with E-state index in [4.69, 9.17) is 23.2 Å². The number of nitrogens with zero attached hydrogens (tertiary/aromatic N) is 4. The Morgan fingerprint density at radius 1 is 1.24 bits per heavy atom. The first-order valence-corrected chi connectivity index (χ1v) is 9.54. The maximum absolute atomic E-state index is 10.9. The molecule has 21 heavy (non-hydrogen) atoms. The molecule has 0 N–H and O–H groups in total. The lowest BCUT2D eigenvalue weighted by molar-refractivity contribution is 0.571. The Bertz CT molecular complexity index is 803. The zero-order valence-corrected chi connectivity index (χ0v) is 14.2. The first-order chi connectivity index (χ1) is 9.91. The van der Waals surface area contributed by atoms with Crippen molar-refractivity contribution in [3.05, 3.63) is 34.8 Å². The summed E-state index contributed by atoms with van der Waals surface area (Å²) in [5, 5.41) is 3.25. The summed E-state index contributed by atoms with van der Waals surface area (Å²) in [6.07, 6.45) is 8.01. The van der Waals surface area contributed by atoms with Crippen LogP contribution in [0.5, 0.6) is 0 Å². The summed E-state index contributed by atoms with van der Waals surface area (Å²) in [6.45, 7) is 0. The first-order valence-electron chi connectivity index (χ1n) is 5.56. The topological polar surface area (TPSA) is 68.1 Å². The smallest absolute Gasteiger partial charge is 0.178 e. The van der Waals surface area contributed by atoms with Crippen LogP contribution in [0.15, 0.2) is 38.9 Å². The Balaban J connectivity index is 2.41. The maximum atomic E-state index is 10.9. The van der Waals surface area contributed by atoms with E-state index in [0.29, 0.717) is 21.0 Å². The fraction of sp³-hybridized carbons (Fsp3) is 0.167. The van der Waals surface area contributed by atoms with E-state index < -0.39 is 9.41 Å². The second-order valence-corrected chi connectivity index (χ2v) is 8.90. The van der Waals surface area contributed by atoms with Crippen LogP contribution >= 0.6 is 35.0 Å². The van der Waals surface area contributed by atoms with Gasteiger partial charge in [-0.3, -0.25) is 0 Å². The molecule has 0 aliphatic heterocycles. The summed E-state index contributed by atoms with van der Waals surface area (Å²) in [5.74, 6) is 0.326. The van der Waals surface area contributed by atoms with Gasteiger partial charge in [-0.1, -0.05) is 44.4 Å². The van der Waals surface area contributed by atoms with Gasteiger partial charge in [0.1, 0.15) is 10.2 Å². The molecule has 0 spiro atoms. The van der Waals surface area contributed by atoms with E-state index in [1.807, 2.05) is 5.23 Å². The van der Waals surface area contributed by atoms with Gasteiger partial charge in [0.2, 0.25) is 0 Å². The van der Waals surface area contributed by atoms with Crippen molar-refractivity contribution in [2.24, 2.45) is 4.36 Å². The quantitative estimate of drug-likeness (QED) is 0.781. The van der Waals surface area contributed by atoms with E-state index in [-0.39, 0.29) is 0 Å². The number of halogens is 2. The van der Waals surface area contributed by atoms with Gasteiger partial charge >= 0.3 is 0 Å². The standard InChI is InChI=1S/C12H10Cl2N4OS2/c1-21(2,7-19)18-12-11(14)8(3-4-15-12)20-10-6-16-9(13)5-17-10/h3-6H,1-2H3.